The number of nitrogens with one attached hydrogen (secondary N) is 1. The summed E-state index contributed by atoms with van der Waals surface area (Å²) in [4.78, 5) is 22.9. The van der Waals surface area contributed by atoms with Gasteiger partial charge in [-0.25, -0.2) is 9.97 Å². The number of amides is 1. The van der Waals surface area contributed by atoms with Crippen molar-refractivity contribution in [1.29, 1.82) is 0 Å². The molecule has 2 aliphatic rings. The Morgan fingerprint density at radius 1 is 1.17 bits per heavy atom. The van der Waals surface area contributed by atoms with E-state index in [9.17, 15) is 4.79 Å². The molecule has 0 aromatic carbocycles. The Bertz CT molecular complexity index is 520. The number of likely N-dealkylation sites (tertiary alicyclic amines) is 1. The fraction of sp³-hybridized carbons (Fsp3) is 0.722. The molecule has 1 N–H and O–H groups in total. The van der Waals surface area contributed by atoms with E-state index < -0.39 is 0 Å². The lowest BCUT2D eigenvalue weighted by atomic mass is 9.86. The first-order valence-corrected chi connectivity index (χ1v) is 9.03. The van der Waals surface area contributed by atoms with E-state index >= 15 is 0 Å². The van der Waals surface area contributed by atoms with Gasteiger partial charge in [-0.05, 0) is 38.5 Å². The molecule has 126 valence electrons. The Hall–Kier alpha value is -1.65. The number of hydrogen-bond donors (Lipinski definition) is 1. The summed E-state index contributed by atoms with van der Waals surface area (Å²) < 4.78 is 0. The number of hydrogen-bond acceptors (Lipinski definition) is 4. The van der Waals surface area contributed by atoms with Crippen LogP contribution in [0.15, 0.2) is 12.4 Å². The van der Waals surface area contributed by atoms with Crippen LogP contribution in [0.3, 0.4) is 0 Å². The van der Waals surface area contributed by atoms with Crippen LogP contribution in [-0.4, -0.2) is 39.9 Å². The van der Waals surface area contributed by atoms with Gasteiger partial charge in [-0.1, -0.05) is 19.3 Å². The van der Waals surface area contributed by atoms with E-state index in [2.05, 4.69) is 20.2 Å². The summed E-state index contributed by atoms with van der Waals surface area (Å²) >= 11 is 0. The molecule has 3 rings (SSSR count). The minimum atomic E-state index is 0.369. The first-order valence-electron chi connectivity index (χ1n) is 9.03. The molecule has 5 nitrogen and oxygen atoms in total. The van der Waals surface area contributed by atoms with Crippen LogP contribution in [0.2, 0.25) is 0 Å². The van der Waals surface area contributed by atoms with Crippen LogP contribution in [0.4, 0.5) is 5.82 Å². The van der Waals surface area contributed by atoms with Crippen LogP contribution >= 0.6 is 0 Å². The smallest absolute Gasteiger partial charge is 0.222 e. The molecule has 23 heavy (non-hydrogen) atoms. The molecule has 1 aromatic rings. The predicted octanol–water partition coefficient (Wildman–Crippen LogP) is 3.16. The minimum Gasteiger partial charge on any atom is -0.367 e. The Kier molecular flexibility index (Phi) is 5.47. The minimum absolute atomic E-state index is 0.369. The number of rotatable bonds is 4. The number of aryl methyl sites for hydroxylation is 1. The summed E-state index contributed by atoms with van der Waals surface area (Å²) in [6, 6.07) is 2.38. The van der Waals surface area contributed by atoms with E-state index in [4.69, 9.17) is 0 Å². The molecule has 1 saturated carbocycles. The second kappa shape index (κ2) is 7.75. The highest BCUT2D eigenvalue weighted by atomic mass is 16.2. The first kappa shape index (κ1) is 16.2. The normalized spacial score (nSPS) is 20.5. The maximum absolute atomic E-state index is 12.5. The molecule has 1 aromatic heterocycles. The van der Waals surface area contributed by atoms with Gasteiger partial charge in [0.1, 0.15) is 12.1 Å². The van der Waals surface area contributed by atoms with Crippen molar-refractivity contribution < 1.29 is 4.79 Å². The van der Waals surface area contributed by atoms with Crippen molar-refractivity contribution in [2.45, 2.75) is 64.3 Å². The fourth-order valence-corrected chi connectivity index (χ4v) is 3.78. The number of nitrogens with zero attached hydrogens (tertiary/aromatic N) is 3. The van der Waals surface area contributed by atoms with Crippen LogP contribution in [0.1, 0.15) is 57.1 Å². The average molecular weight is 316 g/mol. The third-order valence-corrected chi connectivity index (χ3v) is 5.19. The molecule has 2 fully saturated rings. The Morgan fingerprint density at radius 3 is 2.61 bits per heavy atom. The summed E-state index contributed by atoms with van der Waals surface area (Å²) in [7, 11) is 0. The van der Waals surface area contributed by atoms with Gasteiger partial charge >= 0.3 is 0 Å². The highest BCUT2D eigenvalue weighted by Gasteiger charge is 2.25. The number of anilines is 1. The van der Waals surface area contributed by atoms with Gasteiger partial charge in [-0.15, -0.1) is 0 Å². The number of aromatic nitrogens is 2. The highest BCUT2D eigenvalue weighted by molar-refractivity contribution is 5.76. The standard InChI is InChI=1S/C18H28N4O/c1-14-11-17(20-13-19-14)21-16-7-9-22(10-8-16)18(23)12-15-5-3-2-4-6-15/h11,13,15-16H,2-10,12H2,1H3,(H,19,20,21). The Morgan fingerprint density at radius 2 is 1.91 bits per heavy atom. The lowest BCUT2D eigenvalue weighted by Crippen LogP contribution is -2.43. The zero-order valence-corrected chi connectivity index (χ0v) is 14.1. The van der Waals surface area contributed by atoms with Gasteiger partial charge < -0.3 is 10.2 Å². The third-order valence-electron chi connectivity index (χ3n) is 5.19. The Balaban J connectivity index is 1.43. The number of carbonyl (C=O) groups is 1. The molecule has 1 amide bonds. The van der Waals surface area contributed by atoms with Crippen molar-refractivity contribution in [3.05, 3.63) is 18.1 Å². The summed E-state index contributed by atoms with van der Waals surface area (Å²) in [6.45, 7) is 3.71. The van der Waals surface area contributed by atoms with Crippen LogP contribution in [0, 0.1) is 12.8 Å². The highest BCUT2D eigenvalue weighted by Crippen LogP contribution is 2.27. The number of piperidine rings is 1. The number of carbonyl (C=O) groups excluding carboxylic acids is 1. The lowest BCUT2D eigenvalue weighted by molar-refractivity contribution is -0.133. The van der Waals surface area contributed by atoms with Crippen LogP contribution in [-0.2, 0) is 4.79 Å². The van der Waals surface area contributed by atoms with E-state index in [0.717, 1.165) is 43.9 Å². The monoisotopic (exact) mass is 316 g/mol. The summed E-state index contributed by atoms with van der Waals surface area (Å²) in [5, 5.41) is 3.47. The zero-order valence-electron chi connectivity index (χ0n) is 14.1. The van der Waals surface area contributed by atoms with Gasteiger partial charge in [0, 0.05) is 37.3 Å². The van der Waals surface area contributed by atoms with E-state index in [1.165, 1.54) is 32.1 Å². The molecule has 2 heterocycles. The second-order valence-electron chi connectivity index (χ2n) is 7.05. The van der Waals surface area contributed by atoms with Gasteiger partial charge in [0.2, 0.25) is 5.91 Å². The van der Waals surface area contributed by atoms with Crippen molar-refractivity contribution >= 4 is 11.7 Å². The van der Waals surface area contributed by atoms with Crippen LogP contribution < -0.4 is 5.32 Å². The van der Waals surface area contributed by atoms with Gasteiger partial charge in [0.25, 0.3) is 0 Å². The van der Waals surface area contributed by atoms with Crippen LogP contribution in [0.5, 0.6) is 0 Å². The molecule has 0 radical (unpaired) electrons. The first-order chi connectivity index (χ1) is 11.2. The van der Waals surface area contributed by atoms with Crippen molar-refractivity contribution in [3.63, 3.8) is 0 Å². The summed E-state index contributed by atoms with van der Waals surface area (Å²) in [5.74, 6) is 1.90. The lowest BCUT2D eigenvalue weighted by Gasteiger charge is -2.34. The Labute approximate surface area is 138 Å². The van der Waals surface area contributed by atoms with Crippen molar-refractivity contribution in [3.8, 4) is 0 Å². The largest absolute Gasteiger partial charge is 0.367 e. The van der Waals surface area contributed by atoms with Crippen molar-refractivity contribution in [2.24, 2.45) is 5.92 Å². The second-order valence-corrected chi connectivity index (χ2v) is 7.05. The van der Waals surface area contributed by atoms with E-state index in [-0.39, 0.29) is 0 Å². The summed E-state index contributed by atoms with van der Waals surface area (Å²) in [6.07, 6.45) is 10.8. The van der Waals surface area contributed by atoms with Gasteiger partial charge in [0.05, 0.1) is 0 Å². The van der Waals surface area contributed by atoms with E-state index in [1.807, 2.05) is 13.0 Å². The molecule has 0 bridgehead atoms. The molecule has 5 heteroatoms. The predicted molar refractivity (Wildman–Crippen MR) is 91.2 cm³/mol. The van der Waals surface area contributed by atoms with Crippen LogP contribution in [0.25, 0.3) is 0 Å². The SMILES string of the molecule is Cc1cc(NC2CCN(C(=O)CC3CCCCC3)CC2)ncn1. The average Bonchev–Trinajstić information content (AvgIpc) is 2.56. The quantitative estimate of drug-likeness (QED) is 0.927. The maximum atomic E-state index is 12.5. The molecule has 1 aliphatic carbocycles. The van der Waals surface area contributed by atoms with Gasteiger partial charge in [-0.3, -0.25) is 4.79 Å². The molecule has 0 unspecified atom stereocenters. The molecular weight excluding hydrogens is 288 g/mol. The van der Waals surface area contributed by atoms with E-state index in [0.29, 0.717) is 17.9 Å². The topological polar surface area (TPSA) is 58.1 Å². The third kappa shape index (κ3) is 4.66. The molecule has 1 aliphatic heterocycles. The maximum Gasteiger partial charge on any atom is 0.222 e. The van der Waals surface area contributed by atoms with Gasteiger partial charge in [0.15, 0.2) is 0 Å². The van der Waals surface area contributed by atoms with Crippen molar-refractivity contribution in [1.82, 2.24) is 14.9 Å². The molecule has 0 spiro atoms. The van der Waals surface area contributed by atoms with Gasteiger partial charge in [-0.2, -0.15) is 0 Å². The molecular formula is C18H28N4O. The zero-order chi connectivity index (χ0) is 16.1. The molecule has 1 saturated heterocycles. The molecule has 0 atom stereocenters. The summed E-state index contributed by atoms with van der Waals surface area (Å²) in [5.41, 5.74) is 0.975. The van der Waals surface area contributed by atoms with E-state index in [1.54, 1.807) is 6.33 Å². The fourth-order valence-electron chi connectivity index (χ4n) is 3.78. The van der Waals surface area contributed by atoms with Crippen molar-refractivity contribution in [2.75, 3.05) is 18.4 Å².